The summed E-state index contributed by atoms with van der Waals surface area (Å²) in [6.45, 7) is 2.91. The number of hydrogen-bond donors (Lipinski definition) is 0. The number of carbonyl (C=O) groups is 2. The van der Waals surface area contributed by atoms with Gasteiger partial charge in [-0.15, -0.1) is 0 Å². The van der Waals surface area contributed by atoms with Crippen LogP contribution in [0.25, 0.3) is 0 Å². The second-order valence-electron chi connectivity index (χ2n) is 10.4. The van der Waals surface area contributed by atoms with E-state index in [-0.39, 0.29) is 11.6 Å². The lowest BCUT2D eigenvalue weighted by molar-refractivity contribution is -0.870. The molecule has 0 aromatic heterocycles. The Morgan fingerprint density at radius 3 is 1.34 bits per heavy atom. The maximum atomic E-state index is 13.4. The summed E-state index contributed by atoms with van der Waals surface area (Å²) in [6.07, 6.45) is 1.72. The summed E-state index contributed by atoms with van der Waals surface area (Å²) in [5.74, 6) is 0.576. The maximum absolute atomic E-state index is 13.4. The number of ether oxygens (including phenoxy) is 2. The Morgan fingerprint density at radius 1 is 0.625 bits per heavy atom. The van der Waals surface area contributed by atoms with Crippen molar-refractivity contribution in [1.82, 2.24) is 0 Å². The van der Waals surface area contributed by atoms with Crippen molar-refractivity contribution in [1.29, 1.82) is 0 Å². The molecule has 0 saturated heterocycles. The van der Waals surface area contributed by atoms with Gasteiger partial charge in [0, 0.05) is 24.0 Å². The largest absolute Gasteiger partial charge is 0.493 e. The monoisotopic (exact) mass is 440 g/mol. The molecule has 0 heterocycles. The summed E-state index contributed by atoms with van der Waals surface area (Å²) < 4.78 is 13.6. The van der Waals surface area contributed by atoms with Crippen LogP contribution in [0.5, 0.6) is 11.5 Å². The van der Waals surface area contributed by atoms with Gasteiger partial charge in [-0.1, -0.05) is 24.3 Å². The van der Waals surface area contributed by atoms with E-state index in [9.17, 15) is 9.59 Å². The van der Waals surface area contributed by atoms with Gasteiger partial charge in [-0.25, -0.2) is 0 Å². The summed E-state index contributed by atoms with van der Waals surface area (Å²) in [4.78, 5) is 26.8. The molecule has 0 spiro atoms. The van der Waals surface area contributed by atoms with Gasteiger partial charge in [0.15, 0.2) is 11.6 Å². The van der Waals surface area contributed by atoms with Crippen LogP contribution in [0.2, 0.25) is 0 Å². The van der Waals surface area contributed by atoms with Gasteiger partial charge in [-0.3, -0.25) is 9.59 Å². The highest BCUT2D eigenvalue weighted by molar-refractivity contribution is 6.30. The van der Waals surface area contributed by atoms with Crippen molar-refractivity contribution in [2.24, 2.45) is 0 Å². The molecule has 0 unspecified atom stereocenters. The fraction of sp³-hybridized carbons (Fsp3) is 0.462. The molecule has 3 rings (SSSR count). The molecule has 32 heavy (non-hydrogen) atoms. The molecule has 172 valence electrons. The topological polar surface area (TPSA) is 52.6 Å². The van der Waals surface area contributed by atoms with Crippen molar-refractivity contribution < 1.29 is 28.0 Å². The highest BCUT2D eigenvalue weighted by atomic mass is 16.5. The van der Waals surface area contributed by atoms with Crippen LogP contribution in [0.15, 0.2) is 36.4 Å². The number of quaternary nitrogens is 2. The number of ketones is 2. The Kier molecular flexibility index (Phi) is 7.06. The lowest BCUT2D eigenvalue weighted by Crippen LogP contribution is -2.36. The minimum atomic E-state index is -0.186. The molecule has 1 aliphatic rings. The predicted molar refractivity (Wildman–Crippen MR) is 126 cm³/mol. The first-order valence-corrected chi connectivity index (χ1v) is 11.2. The molecular formula is C26H36N2O4+2. The molecule has 1 aliphatic carbocycles. The van der Waals surface area contributed by atoms with Crippen LogP contribution in [-0.4, -0.2) is 89.1 Å². The van der Waals surface area contributed by atoms with E-state index in [4.69, 9.17) is 9.47 Å². The van der Waals surface area contributed by atoms with E-state index >= 15 is 0 Å². The number of benzene rings is 2. The molecule has 2 aromatic carbocycles. The molecule has 2 aromatic rings. The van der Waals surface area contributed by atoms with Crippen molar-refractivity contribution in [2.45, 2.75) is 12.8 Å². The molecule has 6 nitrogen and oxygen atoms in total. The molecule has 0 aliphatic heterocycles. The Labute approximate surface area is 191 Å². The number of hydrogen-bond acceptors (Lipinski definition) is 4. The standard InChI is InChI=1S/C26H36N2O4/c1-27(2,3)15-9-17-31-21-13-7-11-19-23(21)25(29)20-12-8-14-22(24(20)26(19)30)32-18-10-16-28(4,5)6/h7-8,11-14H,9-10,15-18H2,1-6H3/q+2. The zero-order valence-corrected chi connectivity index (χ0v) is 20.2. The van der Waals surface area contributed by atoms with Crippen molar-refractivity contribution in [3.63, 3.8) is 0 Å². The van der Waals surface area contributed by atoms with E-state index < -0.39 is 0 Å². The van der Waals surface area contributed by atoms with Crippen molar-refractivity contribution in [3.8, 4) is 11.5 Å². The number of fused-ring (bicyclic) bond motifs is 2. The van der Waals surface area contributed by atoms with Crippen LogP contribution in [0.3, 0.4) is 0 Å². The summed E-state index contributed by atoms with van der Waals surface area (Å²) in [6, 6.07) is 10.5. The quantitative estimate of drug-likeness (QED) is 0.358. The number of rotatable bonds is 10. The zero-order chi connectivity index (χ0) is 23.5. The second-order valence-corrected chi connectivity index (χ2v) is 10.4. The molecular weight excluding hydrogens is 404 g/mol. The third-order valence-electron chi connectivity index (χ3n) is 5.46. The molecule has 0 amide bonds. The van der Waals surface area contributed by atoms with Crippen LogP contribution in [-0.2, 0) is 0 Å². The Morgan fingerprint density at radius 2 is 1.00 bits per heavy atom. The third-order valence-corrected chi connectivity index (χ3v) is 5.46. The van der Waals surface area contributed by atoms with E-state index in [1.807, 2.05) is 0 Å². The van der Waals surface area contributed by atoms with Gasteiger partial charge in [0.1, 0.15) is 11.5 Å². The molecule has 0 fully saturated rings. The summed E-state index contributed by atoms with van der Waals surface area (Å²) in [5, 5.41) is 0. The highest BCUT2D eigenvalue weighted by Gasteiger charge is 2.34. The molecule has 6 heteroatoms. The van der Waals surface area contributed by atoms with E-state index in [0.717, 1.165) is 34.9 Å². The molecule has 0 bridgehead atoms. The van der Waals surface area contributed by atoms with Crippen LogP contribution in [0.1, 0.15) is 44.7 Å². The average molecular weight is 441 g/mol. The van der Waals surface area contributed by atoms with Crippen molar-refractivity contribution >= 4 is 11.6 Å². The normalized spacial score (nSPS) is 13.6. The third kappa shape index (κ3) is 5.75. The van der Waals surface area contributed by atoms with Crippen molar-refractivity contribution in [3.05, 3.63) is 58.7 Å². The second kappa shape index (κ2) is 9.43. The van der Waals surface area contributed by atoms with Crippen LogP contribution < -0.4 is 9.47 Å². The first kappa shape index (κ1) is 24.0. The maximum Gasteiger partial charge on any atom is 0.198 e. The zero-order valence-electron chi connectivity index (χ0n) is 20.2. The minimum absolute atomic E-state index is 0.186. The van der Waals surface area contributed by atoms with Gasteiger partial charge in [0.25, 0.3) is 0 Å². The van der Waals surface area contributed by atoms with Crippen LogP contribution in [0, 0.1) is 0 Å². The fourth-order valence-corrected chi connectivity index (χ4v) is 3.86. The lowest BCUT2D eigenvalue weighted by Gasteiger charge is -2.25. The number of carbonyl (C=O) groups excluding carboxylic acids is 2. The lowest BCUT2D eigenvalue weighted by atomic mass is 9.83. The van der Waals surface area contributed by atoms with E-state index in [2.05, 4.69) is 42.3 Å². The van der Waals surface area contributed by atoms with Crippen molar-refractivity contribution in [2.75, 3.05) is 68.6 Å². The van der Waals surface area contributed by atoms with Gasteiger partial charge in [-0.2, -0.15) is 0 Å². The average Bonchev–Trinajstić information content (AvgIpc) is 2.71. The molecule has 0 saturated carbocycles. The Hall–Kier alpha value is -2.70. The Bertz CT molecular complexity index is 918. The number of nitrogens with zero attached hydrogens (tertiary/aromatic N) is 2. The van der Waals surface area contributed by atoms with Gasteiger partial charge >= 0.3 is 0 Å². The smallest absolute Gasteiger partial charge is 0.198 e. The minimum Gasteiger partial charge on any atom is -0.493 e. The molecule has 0 radical (unpaired) electrons. The predicted octanol–water partition coefficient (Wildman–Crippen LogP) is 3.41. The SMILES string of the molecule is C[N+](C)(C)CCCOc1cccc2c1C(=O)c1cccc(OCCC[N+](C)(C)C)c1C2=O. The van der Waals surface area contributed by atoms with Crippen LogP contribution >= 0.6 is 0 Å². The molecule has 0 atom stereocenters. The van der Waals surface area contributed by atoms with Gasteiger partial charge in [0.2, 0.25) is 0 Å². The fourth-order valence-electron chi connectivity index (χ4n) is 3.86. The van der Waals surface area contributed by atoms with E-state index in [0.29, 0.717) is 47.0 Å². The van der Waals surface area contributed by atoms with E-state index in [1.165, 1.54) is 0 Å². The highest BCUT2D eigenvalue weighted by Crippen LogP contribution is 2.37. The van der Waals surface area contributed by atoms with Gasteiger partial charge in [0.05, 0.1) is 79.7 Å². The first-order valence-electron chi connectivity index (χ1n) is 11.2. The van der Waals surface area contributed by atoms with Crippen LogP contribution in [0.4, 0.5) is 0 Å². The Balaban J connectivity index is 1.81. The summed E-state index contributed by atoms with van der Waals surface area (Å²) >= 11 is 0. The molecule has 0 N–H and O–H groups in total. The van der Waals surface area contributed by atoms with E-state index in [1.54, 1.807) is 36.4 Å². The summed E-state index contributed by atoms with van der Waals surface area (Å²) in [5.41, 5.74) is 1.48. The first-order chi connectivity index (χ1) is 15.0. The van der Waals surface area contributed by atoms with Gasteiger partial charge < -0.3 is 18.4 Å². The summed E-state index contributed by atoms with van der Waals surface area (Å²) in [7, 11) is 12.8. The van der Waals surface area contributed by atoms with Gasteiger partial charge in [-0.05, 0) is 12.1 Å².